The summed E-state index contributed by atoms with van der Waals surface area (Å²) in [6.45, 7) is 0. The number of pyridine rings is 1. The highest BCUT2D eigenvalue weighted by Gasteiger charge is 2.10. The molecule has 2 aromatic rings. The highest BCUT2D eigenvalue weighted by Crippen LogP contribution is 2.23. The second kappa shape index (κ2) is 4.87. The number of hydrogen-bond acceptors (Lipinski definition) is 3. The van der Waals surface area contributed by atoms with Gasteiger partial charge in [-0.1, -0.05) is 12.1 Å². The van der Waals surface area contributed by atoms with Crippen LogP contribution in [-0.4, -0.2) is 25.0 Å². The molecule has 0 saturated heterocycles. The molecule has 1 amide bonds. The number of hydrogen-bond donors (Lipinski definition) is 1. The molecule has 0 atom stereocenters. The number of carbonyl (C=O) groups is 1. The summed E-state index contributed by atoms with van der Waals surface area (Å²) >= 11 is 0. The third-order valence-electron chi connectivity index (χ3n) is 2.73. The minimum atomic E-state index is -0.463. The van der Waals surface area contributed by atoms with Gasteiger partial charge in [0, 0.05) is 31.5 Å². The summed E-state index contributed by atoms with van der Waals surface area (Å²) in [7, 11) is 3.95. The molecule has 0 fully saturated rings. The Balaban J connectivity index is 2.46. The number of nitrogens with zero attached hydrogens (tertiary/aromatic N) is 2. The highest BCUT2D eigenvalue weighted by atomic mass is 16.1. The maximum Gasteiger partial charge on any atom is 0.250 e. The molecule has 2 rings (SSSR count). The standard InChI is InChI=1S/C14H15N3O/c1-17(2)11-7-5-10(6-8-11)13-12(14(15)18)4-3-9-16-13/h3-9H,1-2H3,(H2,15,18). The molecule has 0 saturated carbocycles. The van der Waals surface area contributed by atoms with E-state index in [2.05, 4.69) is 4.98 Å². The minimum absolute atomic E-state index is 0.440. The fourth-order valence-corrected chi connectivity index (χ4v) is 1.75. The third-order valence-corrected chi connectivity index (χ3v) is 2.73. The van der Waals surface area contributed by atoms with Crippen molar-refractivity contribution >= 4 is 11.6 Å². The van der Waals surface area contributed by atoms with Gasteiger partial charge in [0.05, 0.1) is 11.3 Å². The van der Waals surface area contributed by atoms with Crippen molar-refractivity contribution in [2.75, 3.05) is 19.0 Å². The molecule has 0 unspecified atom stereocenters. The first-order valence-electron chi connectivity index (χ1n) is 5.62. The Morgan fingerprint density at radius 3 is 2.39 bits per heavy atom. The molecule has 2 N–H and O–H groups in total. The van der Waals surface area contributed by atoms with Gasteiger partial charge in [-0.15, -0.1) is 0 Å². The van der Waals surface area contributed by atoms with Crippen LogP contribution >= 0.6 is 0 Å². The van der Waals surface area contributed by atoms with E-state index < -0.39 is 5.91 Å². The molecule has 0 radical (unpaired) electrons. The Bertz CT molecular complexity index is 562. The fraction of sp³-hybridized carbons (Fsp3) is 0.143. The number of amides is 1. The Kier molecular flexibility index (Phi) is 3.28. The van der Waals surface area contributed by atoms with Crippen LogP contribution in [0.25, 0.3) is 11.3 Å². The van der Waals surface area contributed by atoms with Gasteiger partial charge in [0.2, 0.25) is 0 Å². The molecular formula is C14H15N3O. The zero-order valence-electron chi connectivity index (χ0n) is 10.4. The van der Waals surface area contributed by atoms with E-state index in [0.717, 1.165) is 11.3 Å². The minimum Gasteiger partial charge on any atom is -0.378 e. The summed E-state index contributed by atoms with van der Waals surface area (Å²) in [5.41, 5.74) is 8.38. The predicted octanol–water partition coefficient (Wildman–Crippen LogP) is 1.91. The lowest BCUT2D eigenvalue weighted by Gasteiger charge is -2.13. The number of benzene rings is 1. The summed E-state index contributed by atoms with van der Waals surface area (Å²) in [6, 6.07) is 11.2. The maximum atomic E-state index is 11.3. The zero-order valence-corrected chi connectivity index (χ0v) is 10.4. The topological polar surface area (TPSA) is 59.2 Å². The van der Waals surface area contributed by atoms with Gasteiger partial charge in [-0.25, -0.2) is 0 Å². The van der Waals surface area contributed by atoms with Crippen molar-refractivity contribution in [2.24, 2.45) is 5.73 Å². The van der Waals surface area contributed by atoms with Gasteiger partial charge >= 0.3 is 0 Å². The number of anilines is 1. The molecular weight excluding hydrogens is 226 g/mol. The van der Waals surface area contributed by atoms with Crippen LogP contribution in [0.2, 0.25) is 0 Å². The average Bonchev–Trinajstić information content (AvgIpc) is 2.39. The number of rotatable bonds is 3. The number of aromatic nitrogens is 1. The summed E-state index contributed by atoms with van der Waals surface area (Å²) in [4.78, 5) is 17.6. The van der Waals surface area contributed by atoms with E-state index >= 15 is 0 Å². The van der Waals surface area contributed by atoms with Crippen LogP contribution in [0.5, 0.6) is 0 Å². The van der Waals surface area contributed by atoms with E-state index in [4.69, 9.17) is 5.73 Å². The van der Waals surface area contributed by atoms with Crippen molar-refractivity contribution in [3.05, 3.63) is 48.2 Å². The van der Waals surface area contributed by atoms with Crippen molar-refractivity contribution in [1.29, 1.82) is 0 Å². The molecule has 4 heteroatoms. The van der Waals surface area contributed by atoms with Crippen molar-refractivity contribution in [1.82, 2.24) is 4.98 Å². The number of primary amides is 1. The SMILES string of the molecule is CN(C)c1ccc(-c2ncccc2C(N)=O)cc1. The quantitative estimate of drug-likeness (QED) is 0.893. The summed E-state index contributed by atoms with van der Waals surface area (Å²) in [6.07, 6.45) is 1.65. The van der Waals surface area contributed by atoms with Crippen molar-refractivity contribution in [3.8, 4) is 11.3 Å². The van der Waals surface area contributed by atoms with Gasteiger partial charge in [0.25, 0.3) is 5.91 Å². The predicted molar refractivity (Wildman–Crippen MR) is 72.5 cm³/mol. The van der Waals surface area contributed by atoms with E-state index in [1.54, 1.807) is 18.3 Å². The Hall–Kier alpha value is -2.36. The molecule has 0 bridgehead atoms. The molecule has 0 aliphatic rings. The van der Waals surface area contributed by atoms with Crippen LogP contribution in [0.1, 0.15) is 10.4 Å². The first-order chi connectivity index (χ1) is 8.59. The second-order valence-electron chi connectivity index (χ2n) is 4.21. The van der Waals surface area contributed by atoms with E-state index in [0.29, 0.717) is 11.3 Å². The molecule has 1 heterocycles. The molecule has 0 aliphatic carbocycles. The van der Waals surface area contributed by atoms with Crippen molar-refractivity contribution in [3.63, 3.8) is 0 Å². The van der Waals surface area contributed by atoms with Crippen molar-refractivity contribution < 1.29 is 4.79 Å². The van der Waals surface area contributed by atoms with E-state index in [1.165, 1.54) is 0 Å². The van der Waals surface area contributed by atoms with Gasteiger partial charge in [-0.2, -0.15) is 0 Å². The normalized spacial score (nSPS) is 10.1. The van der Waals surface area contributed by atoms with Gasteiger partial charge in [-0.3, -0.25) is 9.78 Å². The largest absolute Gasteiger partial charge is 0.378 e. The molecule has 1 aromatic heterocycles. The van der Waals surface area contributed by atoms with E-state index in [9.17, 15) is 4.79 Å². The third kappa shape index (κ3) is 2.32. The van der Waals surface area contributed by atoms with Crippen LogP contribution < -0.4 is 10.6 Å². The van der Waals surface area contributed by atoms with E-state index in [1.807, 2.05) is 43.3 Å². The van der Waals surface area contributed by atoms with E-state index in [-0.39, 0.29) is 0 Å². The summed E-state index contributed by atoms with van der Waals surface area (Å²) in [5.74, 6) is -0.463. The lowest BCUT2D eigenvalue weighted by Crippen LogP contribution is -2.13. The summed E-state index contributed by atoms with van der Waals surface area (Å²) in [5, 5.41) is 0. The molecule has 92 valence electrons. The molecule has 0 spiro atoms. The lowest BCUT2D eigenvalue weighted by atomic mass is 10.1. The fourth-order valence-electron chi connectivity index (χ4n) is 1.75. The van der Waals surface area contributed by atoms with Gasteiger partial charge in [-0.05, 0) is 24.3 Å². The molecule has 1 aromatic carbocycles. The summed E-state index contributed by atoms with van der Waals surface area (Å²) < 4.78 is 0. The first-order valence-corrected chi connectivity index (χ1v) is 5.62. The number of nitrogens with two attached hydrogens (primary N) is 1. The van der Waals surface area contributed by atoms with Crippen molar-refractivity contribution in [2.45, 2.75) is 0 Å². The highest BCUT2D eigenvalue weighted by molar-refractivity contribution is 5.98. The maximum absolute atomic E-state index is 11.3. The molecule has 18 heavy (non-hydrogen) atoms. The van der Waals surface area contributed by atoms with Crippen LogP contribution in [0.3, 0.4) is 0 Å². The lowest BCUT2D eigenvalue weighted by molar-refractivity contribution is 0.100. The Labute approximate surface area is 106 Å². The second-order valence-corrected chi connectivity index (χ2v) is 4.21. The van der Waals surface area contributed by atoms with Crippen LogP contribution in [-0.2, 0) is 0 Å². The molecule has 0 aliphatic heterocycles. The first kappa shape index (κ1) is 12.1. The van der Waals surface area contributed by atoms with Gasteiger partial charge < -0.3 is 10.6 Å². The Morgan fingerprint density at radius 1 is 1.17 bits per heavy atom. The smallest absolute Gasteiger partial charge is 0.250 e. The average molecular weight is 241 g/mol. The number of carbonyl (C=O) groups excluding carboxylic acids is 1. The van der Waals surface area contributed by atoms with Crippen LogP contribution in [0.4, 0.5) is 5.69 Å². The van der Waals surface area contributed by atoms with Crippen LogP contribution in [0, 0.1) is 0 Å². The van der Waals surface area contributed by atoms with Gasteiger partial charge in [0.15, 0.2) is 0 Å². The van der Waals surface area contributed by atoms with Gasteiger partial charge in [0.1, 0.15) is 0 Å². The zero-order chi connectivity index (χ0) is 13.1. The van der Waals surface area contributed by atoms with Crippen LogP contribution in [0.15, 0.2) is 42.6 Å². The monoisotopic (exact) mass is 241 g/mol. The Morgan fingerprint density at radius 2 is 1.83 bits per heavy atom. The molecule has 4 nitrogen and oxygen atoms in total.